The lowest BCUT2D eigenvalue weighted by molar-refractivity contribution is -0.134. The molecule has 12 heteroatoms. The van der Waals surface area contributed by atoms with E-state index >= 15 is 0 Å². The van der Waals surface area contributed by atoms with Gasteiger partial charge in [-0.3, -0.25) is 14.5 Å². The number of carbonyl (C=O) groups excluding carboxylic acids is 2. The lowest BCUT2D eigenvalue weighted by atomic mass is 9.89. The number of hydrogen-bond acceptors (Lipinski definition) is 10. The second-order valence-electron chi connectivity index (χ2n) is 11.5. The van der Waals surface area contributed by atoms with Crippen molar-refractivity contribution in [3.05, 3.63) is 17.3 Å². The maximum Gasteiger partial charge on any atom is 0.290 e. The van der Waals surface area contributed by atoms with Gasteiger partial charge in [-0.2, -0.15) is 0 Å². The Bertz CT molecular complexity index is 1210. The highest BCUT2D eigenvalue weighted by Gasteiger charge is 2.46. The zero-order valence-corrected chi connectivity index (χ0v) is 23.3. The topological polar surface area (TPSA) is 157 Å². The smallest absolute Gasteiger partial charge is 0.290 e. The van der Waals surface area contributed by atoms with Crippen LogP contribution in [-0.2, 0) is 14.3 Å². The first-order valence-corrected chi connectivity index (χ1v) is 13.4. The molecule has 4 heterocycles. The third-order valence-corrected chi connectivity index (χ3v) is 7.02. The summed E-state index contributed by atoms with van der Waals surface area (Å²) in [5.74, 6) is 6.18. The van der Waals surface area contributed by atoms with Crippen LogP contribution in [0.4, 0.5) is 17.3 Å². The van der Waals surface area contributed by atoms with Crippen LogP contribution in [-0.4, -0.2) is 82.6 Å². The van der Waals surface area contributed by atoms with E-state index in [2.05, 4.69) is 47.9 Å². The number of nitrogens with zero attached hydrogens (tertiary/aromatic N) is 5. The van der Waals surface area contributed by atoms with Crippen LogP contribution in [0.5, 0.6) is 0 Å². The fourth-order valence-corrected chi connectivity index (χ4v) is 5.04. The molecule has 3 aliphatic heterocycles. The molecule has 39 heavy (non-hydrogen) atoms. The van der Waals surface area contributed by atoms with Crippen molar-refractivity contribution in [3.63, 3.8) is 0 Å². The fraction of sp³-hybridized carbons (Fsp3) is 0.630. The van der Waals surface area contributed by atoms with Crippen LogP contribution in [0.1, 0.15) is 59.2 Å². The van der Waals surface area contributed by atoms with E-state index in [0.717, 1.165) is 25.9 Å². The Morgan fingerprint density at radius 3 is 2.56 bits per heavy atom. The largest absolute Gasteiger partial charge is 0.506 e. The summed E-state index contributed by atoms with van der Waals surface area (Å²) in [4.78, 5) is 39.1. The molecule has 0 aromatic carbocycles. The van der Waals surface area contributed by atoms with Crippen molar-refractivity contribution < 1.29 is 24.5 Å². The van der Waals surface area contributed by atoms with Crippen molar-refractivity contribution in [2.24, 2.45) is 11.3 Å². The zero-order chi connectivity index (χ0) is 28.5. The van der Waals surface area contributed by atoms with Gasteiger partial charge in [-0.25, -0.2) is 9.97 Å². The van der Waals surface area contributed by atoms with Crippen LogP contribution in [0.25, 0.3) is 0 Å². The number of amides is 2. The molecule has 1 unspecified atom stereocenters. The highest BCUT2D eigenvalue weighted by atomic mass is 16.5. The Hall–Kier alpha value is -3.72. The van der Waals surface area contributed by atoms with Gasteiger partial charge in [0.15, 0.2) is 23.5 Å². The van der Waals surface area contributed by atoms with Gasteiger partial charge < -0.3 is 35.8 Å². The normalized spacial score (nSPS) is 21.4. The number of ether oxygens (including phenoxy) is 1. The summed E-state index contributed by atoms with van der Waals surface area (Å²) in [6.45, 7) is 10.0. The number of nitrogens with one attached hydrogen (secondary N) is 1. The van der Waals surface area contributed by atoms with Gasteiger partial charge in [-0.1, -0.05) is 26.7 Å². The second-order valence-corrected chi connectivity index (χ2v) is 11.5. The molecule has 2 amide bonds. The SMILES string of the molecule is CCNC(=O)C1=C(O)C(O)[C@H](N2CN(C)c3c(N)nc(C#CCC4CCN(C(=O)CC(C)(C)C)CC4)nc32)O1. The molecule has 212 valence electrons. The number of nitrogen functional groups attached to an aromatic ring is 1. The van der Waals surface area contributed by atoms with Crippen molar-refractivity contribution in [1.29, 1.82) is 0 Å². The summed E-state index contributed by atoms with van der Waals surface area (Å²) in [7, 11) is 1.79. The minimum Gasteiger partial charge on any atom is -0.506 e. The second kappa shape index (κ2) is 11.2. The predicted molar refractivity (Wildman–Crippen MR) is 146 cm³/mol. The number of anilines is 3. The lowest BCUT2D eigenvalue weighted by Crippen LogP contribution is -2.44. The first-order valence-electron chi connectivity index (χ1n) is 13.4. The highest BCUT2D eigenvalue weighted by Crippen LogP contribution is 2.41. The van der Waals surface area contributed by atoms with Crippen molar-refractivity contribution in [2.45, 2.75) is 65.7 Å². The van der Waals surface area contributed by atoms with Gasteiger partial charge in [-0.05, 0) is 37.0 Å². The van der Waals surface area contributed by atoms with Gasteiger partial charge in [0.25, 0.3) is 5.91 Å². The summed E-state index contributed by atoms with van der Waals surface area (Å²) in [5, 5.41) is 23.6. The Morgan fingerprint density at radius 2 is 1.92 bits per heavy atom. The molecular weight excluding hydrogens is 502 g/mol. The van der Waals surface area contributed by atoms with Crippen LogP contribution in [0.2, 0.25) is 0 Å². The molecule has 1 fully saturated rings. The number of aromatic nitrogens is 2. The monoisotopic (exact) mass is 541 g/mol. The number of hydrogen-bond donors (Lipinski definition) is 4. The van der Waals surface area contributed by atoms with E-state index in [1.165, 1.54) is 0 Å². The minimum atomic E-state index is -1.45. The number of aliphatic hydroxyl groups is 2. The number of fused-ring (bicyclic) bond motifs is 1. The third-order valence-electron chi connectivity index (χ3n) is 7.02. The maximum absolute atomic E-state index is 12.5. The zero-order valence-electron chi connectivity index (χ0n) is 23.3. The Balaban J connectivity index is 1.43. The van der Waals surface area contributed by atoms with E-state index < -0.39 is 24.0 Å². The minimum absolute atomic E-state index is 0.0215. The van der Waals surface area contributed by atoms with Gasteiger partial charge in [0.05, 0.1) is 6.67 Å². The first-order chi connectivity index (χ1) is 18.4. The van der Waals surface area contributed by atoms with Gasteiger partial charge in [0.1, 0.15) is 5.69 Å². The van der Waals surface area contributed by atoms with Gasteiger partial charge >= 0.3 is 0 Å². The number of nitrogens with two attached hydrogens (primary N) is 1. The van der Waals surface area contributed by atoms with Crippen molar-refractivity contribution >= 4 is 29.1 Å². The maximum atomic E-state index is 12.5. The van der Waals surface area contributed by atoms with Gasteiger partial charge in [0.2, 0.25) is 23.7 Å². The number of likely N-dealkylation sites (tertiary alicyclic amines) is 1. The summed E-state index contributed by atoms with van der Waals surface area (Å²) in [5.41, 5.74) is 6.78. The molecule has 4 rings (SSSR count). The van der Waals surface area contributed by atoms with E-state index in [-0.39, 0.29) is 35.4 Å². The highest BCUT2D eigenvalue weighted by molar-refractivity contribution is 5.92. The third kappa shape index (κ3) is 6.14. The Morgan fingerprint density at radius 1 is 1.23 bits per heavy atom. The number of piperidine rings is 1. The number of rotatable bonds is 5. The standard InChI is InChI=1S/C27H39N7O5/c1-6-29-25(38)22-20(36)21(37)26(39-22)34-15-32(5)19-23(28)30-17(31-24(19)34)9-7-8-16-10-12-33(13-11-16)18(35)14-27(2,3)4/h16,21,26,36-37H,6,8,10-15H2,1-5H3,(H,29,38)(H2,28,30,31)/t21?,26-/m1/s1. The Labute approximate surface area is 229 Å². The van der Waals surface area contributed by atoms with E-state index in [1.54, 1.807) is 23.8 Å². The number of likely N-dealkylation sites (N-methyl/N-ethyl adjacent to an activating group) is 1. The van der Waals surface area contributed by atoms with E-state index in [4.69, 9.17) is 10.5 Å². The molecule has 1 aromatic rings. The summed E-state index contributed by atoms with van der Waals surface area (Å²) in [6, 6.07) is 0. The lowest BCUT2D eigenvalue weighted by Gasteiger charge is -2.33. The summed E-state index contributed by atoms with van der Waals surface area (Å²) >= 11 is 0. The molecule has 0 radical (unpaired) electrons. The Kier molecular flexibility index (Phi) is 8.11. The molecule has 1 saturated heterocycles. The molecule has 0 bridgehead atoms. The van der Waals surface area contributed by atoms with Gasteiger partial charge in [-0.15, -0.1) is 0 Å². The molecular formula is C27H39N7O5. The summed E-state index contributed by atoms with van der Waals surface area (Å²) < 4.78 is 5.68. The van der Waals surface area contributed by atoms with Crippen molar-refractivity contribution in [2.75, 3.05) is 48.9 Å². The molecule has 2 atom stereocenters. The van der Waals surface area contributed by atoms with E-state index in [9.17, 15) is 19.8 Å². The first kappa shape index (κ1) is 28.3. The molecule has 5 N–H and O–H groups in total. The van der Waals surface area contributed by atoms with Crippen LogP contribution in [0, 0.1) is 23.2 Å². The summed E-state index contributed by atoms with van der Waals surface area (Å²) in [6.07, 6.45) is 0.479. The molecule has 12 nitrogen and oxygen atoms in total. The predicted octanol–water partition coefficient (Wildman–Crippen LogP) is 1.31. The molecule has 0 spiro atoms. The molecule has 0 saturated carbocycles. The average Bonchev–Trinajstić information content (AvgIpc) is 3.34. The van der Waals surface area contributed by atoms with Gasteiger partial charge in [0, 0.05) is 39.5 Å². The fourth-order valence-electron chi connectivity index (χ4n) is 5.04. The molecule has 1 aromatic heterocycles. The van der Waals surface area contributed by atoms with E-state index in [0.29, 0.717) is 36.8 Å². The van der Waals surface area contributed by atoms with Crippen LogP contribution in [0.15, 0.2) is 11.5 Å². The van der Waals surface area contributed by atoms with Crippen LogP contribution in [0.3, 0.4) is 0 Å². The molecule has 0 aliphatic carbocycles. The molecule has 3 aliphatic rings. The average molecular weight is 542 g/mol. The van der Waals surface area contributed by atoms with Crippen LogP contribution >= 0.6 is 0 Å². The van der Waals surface area contributed by atoms with Crippen molar-refractivity contribution in [1.82, 2.24) is 20.2 Å². The number of carbonyl (C=O) groups is 2. The van der Waals surface area contributed by atoms with Crippen molar-refractivity contribution in [3.8, 4) is 11.8 Å². The quantitative estimate of drug-likeness (QED) is 0.401. The van der Waals surface area contributed by atoms with Crippen LogP contribution < -0.4 is 20.9 Å². The number of aliphatic hydroxyl groups excluding tert-OH is 2. The van der Waals surface area contributed by atoms with E-state index in [1.807, 2.05) is 4.90 Å².